The molecule has 1 amide bonds. The number of carboxylic acid groups (broad SMARTS) is 1. The molecule has 32 heavy (non-hydrogen) atoms. The second kappa shape index (κ2) is 12.4. The Hall–Kier alpha value is -2.63. The third-order valence-electron chi connectivity index (χ3n) is 4.51. The van der Waals surface area contributed by atoms with E-state index in [0.717, 1.165) is 16.7 Å². The predicted octanol–water partition coefficient (Wildman–Crippen LogP) is 0.183. The fraction of sp³-hybridized carbons (Fsp3) is 0.300. The van der Waals surface area contributed by atoms with E-state index in [2.05, 4.69) is 10.6 Å². The SMILES string of the molecule is Cn1ccc(C(=O)NCCNCCCC(=O)c2ccc(C(=O)O)c(O)c2O)c(O)c1=O.[Tm]. The summed E-state index contributed by atoms with van der Waals surface area (Å²) in [7, 11) is 1.45. The topological polar surface area (TPSA) is 178 Å². The van der Waals surface area contributed by atoms with Gasteiger partial charge >= 0.3 is 5.97 Å². The summed E-state index contributed by atoms with van der Waals surface area (Å²) >= 11 is 0. The van der Waals surface area contributed by atoms with Gasteiger partial charge in [-0.2, -0.15) is 0 Å². The van der Waals surface area contributed by atoms with Crippen LogP contribution in [0.1, 0.15) is 43.9 Å². The number of pyridine rings is 1. The first kappa shape index (κ1) is 27.4. The summed E-state index contributed by atoms with van der Waals surface area (Å²) in [5, 5.41) is 43.7. The monoisotopic (exact) mass is 602 g/mol. The van der Waals surface area contributed by atoms with Crippen molar-refractivity contribution in [3.05, 3.63) is 51.4 Å². The molecule has 12 heteroatoms. The molecule has 0 aliphatic heterocycles. The van der Waals surface area contributed by atoms with Gasteiger partial charge in [0.05, 0.1) is 11.1 Å². The number of ketones is 1. The number of aryl methyl sites for hydroxylation is 1. The van der Waals surface area contributed by atoms with E-state index in [1.165, 1.54) is 19.3 Å². The second-order valence-corrected chi connectivity index (χ2v) is 6.69. The van der Waals surface area contributed by atoms with E-state index in [-0.39, 0.29) is 61.0 Å². The molecule has 179 valence electrons. The molecule has 0 bridgehead atoms. The van der Waals surface area contributed by atoms with E-state index in [1.807, 2.05) is 0 Å². The van der Waals surface area contributed by atoms with Crippen molar-refractivity contribution in [2.45, 2.75) is 12.8 Å². The molecule has 11 nitrogen and oxygen atoms in total. The molecule has 6 N–H and O–H groups in total. The van der Waals surface area contributed by atoms with Gasteiger partial charge in [-0.25, -0.2) is 4.79 Å². The predicted molar refractivity (Wildman–Crippen MR) is 109 cm³/mol. The first-order valence-electron chi connectivity index (χ1n) is 9.34. The van der Waals surface area contributed by atoms with Crippen molar-refractivity contribution in [1.29, 1.82) is 0 Å². The van der Waals surface area contributed by atoms with Crippen LogP contribution in [0.3, 0.4) is 0 Å². The van der Waals surface area contributed by atoms with Crippen molar-refractivity contribution >= 4 is 17.7 Å². The molecule has 0 saturated carbocycles. The zero-order valence-electron chi connectivity index (χ0n) is 17.0. The van der Waals surface area contributed by atoms with Crippen LogP contribution in [0, 0.1) is 36.9 Å². The van der Waals surface area contributed by atoms with Crippen LogP contribution in [-0.2, 0) is 7.05 Å². The number of rotatable bonds is 10. The Morgan fingerprint density at radius 2 is 1.53 bits per heavy atom. The van der Waals surface area contributed by atoms with Crippen LogP contribution in [-0.4, -0.2) is 62.3 Å². The van der Waals surface area contributed by atoms with Gasteiger partial charge in [-0.15, -0.1) is 0 Å². The molecular weight excluding hydrogens is 579 g/mol. The number of hydrogen-bond acceptors (Lipinski definition) is 8. The Labute approximate surface area is 211 Å². The molecule has 0 saturated heterocycles. The number of phenols is 2. The van der Waals surface area contributed by atoms with Crippen molar-refractivity contribution in [1.82, 2.24) is 15.2 Å². The number of amides is 1. The Kier molecular flexibility index (Phi) is 10.6. The minimum Gasteiger partial charge on any atom is -0.504 e. The van der Waals surface area contributed by atoms with Crippen LogP contribution in [0.15, 0.2) is 29.2 Å². The van der Waals surface area contributed by atoms with Crippen LogP contribution in [0.2, 0.25) is 0 Å². The van der Waals surface area contributed by atoms with E-state index in [0.29, 0.717) is 19.5 Å². The second-order valence-electron chi connectivity index (χ2n) is 6.69. The number of aromatic nitrogens is 1. The summed E-state index contributed by atoms with van der Waals surface area (Å²) < 4.78 is 1.15. The Bertz CT molecular complexity index is 1070. The van der Waals surface area contributed by atoms with Gasteiger partial charge in [0.25, 0.3) is 11.5 Å². The zero-order valence-corrected chi connectivity index (χ0v) is 18.8. The van der Waals surface area contributed by atoms with Crippen LogP contribution < -0.4 is 16.2 Å². The maximum Gasteiger partial charge on any atom is 0.339 e. The van der Waals surface area contributed by atoms with E-state index < -0.39 is 46.0 Å². The maximum atomic E-state index is 12.2. The number of nitrogens with one attached hydrogen (secondary N) is 2. The molecule has 0 aliphatic rings. The summed E-state index contributed by atoms with van der Waals surface area (Å²) in [4.78, 5) is 46.7. The summed E-state index contributed by atoms with van der Waals surface area (Å²) in [6.45, 7) is 0.996. The Morgan fingerprint density at radius 3 is 2.19 bits per heavy atom. The molecule has 0 atom stereocenters. The van der Waals surface area contributed by atoms with E-state index in [4.69, 9.17) is 5.11 Å². The number of aromatic hydroxyl groups is 3. The number of nitrogens with zero attached hydrogens (tertiary/aromatic N) is 1. The number of benzene rings is 1. The van der Waals surface area contributed by atoms with Crippen molar-refractivity contribution in [2.75, 3.05) is 19.6 Å². The molecule has 1 heterocycles. The van der Waals surface area contributed by atoms with Crippen LogP contribution in [0.4, 0.5) is 0 Å². The molecule has 0 unspecified atom stereocenters. The van der Waals surface area contributed by atoms with E-state index in [9.17, 15) is 34.5 Å². The van der Waals surface area contributed by atoms with Crippen LogP contribution in [0.5, 0.6) is 17.2 Å². The zero-order chi connectivity index (χ0) is 23.1. The largest absolute Gasteiger partial charge is 0.504 e. The summed E-state index contributed by atoms with van der Waals surface area (Å²) in [6, 6.07) is 3.53. The molecule has 1 aromatic heterocycles. The summed E-state index contributed by atoms with van der Waals surface area (Å²) in [6.07, 6.45) is 1.81. The molecule has 1 aromatic carbocycles. The minimum atomic E-state index is -1.42. The van der Waals surface area contributed by atoms with Gasteiger partial charge in [-0.1, -0.05) is 0 Å². The Balaban J connectivity index is 0.00000512. The van der Waals surface area contributed by atoms with E-state index >= 15 is 0 Å². The minimum absolute atomic E-state index is 0. The van der Waals surface area contributed by atoms with Gasteiger partial charge in [0, 0.05) is 69.6 Å². The molecule has 2 rings (SSSR count). The quantitative estimate of drug-likeness (QED) is 0.126. The molecular formula is C20H23N3O8Tm. The van der Waals surface area contributed by atoms with Crippen molar-refractivity contribution < 1.29 is 71.7 Å². The number of carbonyl (C=O) groups is 3. The number of Topliss-reactive ketones (excluding diaryl/α,β-unsaturated/α-hetero) is 1. The summed E-state index contributed by atoms with van der Waals surface area (Å²) in [5.74, 6) is -4.71. The molecule has 0 aliphatic carbocycles. The molecule has 0 fully saturated rings. The maximum absolute atomic E-state index is 12.2. The molecule has 0 spiro atoms. The fourth-order valence-corrected chi connectivity index (χ4v) is 2.77. The first-order valence-corrected chi connectivity index (χ1v) is 9.34. The van der Waals surface area contributed by atoms with Gasteiger partial charge < -0.3 is 35.6 Å². The van der Waals surface area contributed by atoms with Crippen molar-refractivity contribution in [3.63, 3.8) is 0 Å². The van der Waals surface area contributed by atoms with Crippen LogP contribution in [0.25, 0.3) is 0 Å². The van der Waals surface area contributed by atoms with Crippen LogP contribution >= 0.6 is 0 Å². The Morgan fingerprint density at radius 1 is 0.906 bits per heavy atom. The number of phenolic OH excluding ortho intramolecular Hbond substituents is 1. The molecule has 2 aromatic rings. The standard InChI is InChI=1S/C20H23N3O8.Tm/c1-23-10-6-12(17(27)19(23)29)18(28)22-9-8-21-7-2-3-14(24)11-4-5-13(20(30)31)16(26)15(11)25;/h4-6,10,21,25-27H,2-3,7-9H2,1H3,(H,22,28)(H,30,31);. The average Bonchev–Trinajstić information content (AvgIpc) is 2.72. The summed E-state index contributed by atoms with van der Waals surface area (Å²) in [5.41, 5.74) is -1.46. The van der Waals surface area contributed by atoms with Gasteiger partial charge in [0.1, 0.15) is 5.56 Å². The number of carbonyl (C=O) groups excluding carboxylic acids is 2. The third-order valence-corrected chi connectivity index (χ3v) is 4.51. The first-order chi connectivity index (χ1) is 14.6. The van der Waals surface area contributed by atoms with Gasteiger partial charge in [-0.3, -0.25) is 14.4 Å². The fourth-order valence-electron chi connectivity index (χ4n) is 2.77. The van der Waals surface area contributed by atoms with Gasteiger partial charge in [-0.05, 0) is 31.2 Å². The molecule has 1 radical (unpaired) electrons. The third kappa shape index (κ3) is 6.68. The number of aromatic carboxylic acids is 1. The number of hydrogen-bond donors (Lipinski definition) is 6. The normalized spacial score (nSPS) is 10.3. The van der Waals surface area contributed by atoms with Crippen molar-refractivity contribution in [3.8, 4) is 17.2 Å². The van der Waals surface area contributed by atoms with Gasteiger partial charge in [0.15, 0.2) is 23.0 Å². The van der Waals surface area contributed by atoms with E-state index in [1.54, 1.807) is 0 Å². The smallest absolute Gasteiger partial charge is 0.339 e. The average molecular weight is 602 g/mol. The van der Waals surface area contributed by atoms with Crippen molar-refractivity contribution in [2.24, 2.45) is 7.05 Å². The van der Waals surface area contributed by atoms with Gasteiger partial charge in [0.2, 0.25) is 0 Å². The number of carboxylic acids is 1.